The van der Waals surface area contributed by atoms with Crippen molar-refractivity contribution in [2.24, 2.45) is 0 Å². The Bertz CT molecular complexity index is 754. The number of para-hydroxylation sites is 1. The molecular weight excluding hydrogens is 375 g/mol. The summed E-state index contributed by atoms with van der Waals surface area (Å²) in [5.74, 6) is 0.406. The summed E-state index contributed by atoms with van der Waals surface area (Å²) in [6.45, 7) is 2.35. The third kappa shape index (κ3) is 6.24. The van der Waals surface area contributed by atoms with E-state index in [1.165, 1.54) is 11.8 Å². The standard InChI is InChI=1S/C19H20Cl2N2O3/c1-14(24)23(18-8-7-15(20)13-17(18)21)11-10-22-19(25)9-12-26-16-5-3-2-4-6-16/h2-8,13H,9-12H2,1H3,(H,22,25). The van der Waals surface area contributed by atoms with E-state index in [0.29, 0.717) is 28.8 Å². The van der Waals surface area contributed by atoms with Gasteiger partial charge in [-0.05, 0) is 30.3 Å². The van der Waals surface area contributed by atoms with Gasteiger partial charge in [0.1, 0.15) is 5.75 Å². The summed E-state index contributed by atoms with van der Waals surface area (Å²) < 4.78 is 5.48. The number of rotatable bonds is 8. The summed E-state index contributed by atoms with van der Waals surface area (Å²) in [6, 6.07) is 14.2. The van der Waals surface area contributed by atoms with E-state index < -0.39 is 0 Å². The summed E-state index contributed by atoms with van der Waals surface area (Å²) in [4.78, 5) is 25.3. The molecule has 138 valence electrons. The van der Waals surface area contributed by atoms with E-state index in [9.17, 15) is 9.59 Å². The maximum atomic E-state index is 11.9. The highest BCUT2D eigenvalue weighted by Crippen LogP contribution is 2.28. The molecule has 0 aliphatic carbocycles. The Hall–Kier alpha value is -2.24. The number of carbonyl (C=O) groups is 2. The van der Waals surface area contributed by atoms with Crippen molar-refractivity contribution in [3.05, 3.63) is 58.6 Å². The van der Waals surface area contributed by atoms with Crippen LogP contribution in [-0.4, -0.2) is 31.5 Å². The Balaban J connectivity index is 1.78. The molecule has 5 nitrogen and oxygen atoms in total. The fourth-order valence-electron chi connectivity index (χ4n) is 2.32. The maximum Gasteiger partial charge on any atom is 0.223 e. The van der Waals surface area contributed by atoms with Gasteiger partial charge in [-0.15, -0.1) is 0 Å². The third-order valence-electron chi connectivity index (χ3n) is 3.58. The molecule has 2 rings (SSSR count). The summed E-state index contributed by atoms with van der Waals surface area (Å²) in [6.07, 6.45) is 0.233. The van der Waals surface area contributed by atoms with Crippen molar-refractivity contribution in [1.82, 2.24) is 5.32 Å². The van der Waals surface area contributed by atoms with E-state index in [1.54, 1.807) is 18.2 Å². The average molecular weight is 395 g/mol. The van der Waals surface area contributed by atoms with Crippen LogP contribution < -0.4 is 15.0 Å². The predicted octanol–water partition coefficient (Wildman–Crippen LogP) is 3.93. The number of benzene rings is 2. The van der Waals surface area contributed by atoms with Crippen molar-refractivity contribution < 1.29 is 14.3 Å². The molecule has 0 heterocycles. The van der Waals surface area contributed by atoms with Gasteiger partial charge in [-0.2, -0.15) is 0 Å². The van der Waals surface area contributed by atoms with Gasteiger partial charge >= 0.3 is 0 Å². The van der Waals surface area contributed by atoms with Gasteiger partial charge in [-0.25, -0.2) is 0 Å². The lowest BCUT2D eigenvalue weighted by atomic mass is 10.2. The zero-order valence-corrected chi connectivity index (χ0v) is 15.9. The van der Waals surface area contributed by atoms with Gasteiger partial charge in [0.15, 0.2) is 0 Å². The number of nitrogens with zero attached hydrogens (tertiary/aromatic N) is 1. The fourth-order valence-corrected chi connectivity index (χ4v) is 2.83. The Labute approximate surface area is 162 Å². The highest BCUT2D eigenvalue weighted by molar-refractivity contribution is 6.36. The first-order valence-electron chi connectivity index (χ1n) is 8.15. The summed E-state index contributed by atoms with van der Waals surface area (Å²) in [5, 5.41) is 3.65. The van der Waals surface area contributed by atoms with Crippen LogP contribution in [0.3, 0.4) is 0 Å². The lowest BCUT2D eigenvalue weighted by Gasteiger charge is -2.22. The quantitative estimate of drug-likeness (QED) is 0.737. The van der Waals surface area contributed by atoms with Gasteiger partial charge < -0.3 is 15.0 Å². The van der Waals surface area contributed by atoms with Gasteiger partial charge in [-0.1, -0.05) is 41.4 Å². The average Bonchev–Trinajstić information content (AvgIpc) is 2.60. The van der Waals surface area contributed by atoms with Crippen molar-refractivity contribution in [2.75, 3.05) is 24.6 Å². The third-order valence-corrected chi connectivity index (χ3v) is 4.12. The summed E-state index contributed by atoms with van der Waals surface area (Å²) in [5.41, 5.74) is 0.560. The van der Waals surface area contributed by atoms with Crippen molar-refractivity contribution >= 4 is 40.7 Å². The lowest BCUT2D eigenvalue weighted by molar-refractivity contribution is -0.122. The SMILES string of the molecule is CC(=O)N(CCNC(=O)CCOc1ccccc1)c1ccc(Cl)cc1Cl. The topological polar surface area (TPSA) is 58.6 Å². The minimum absolute atomic E-state index is 0.147. The van der Waals surface area contributed by atoms with Gasteiger partial charge in [0.2, 0.25) is 11.8 Å². The van der Waals surface area contributed by atoms with Gasteiger partial charge in [-0.3, -0.25) is 9.59 Å². The fraction of sp³-hybridized carbons (Fsp3) is 0.263. The molecule has 0 unspecified atom stereocenters. The van der Waals surface area contributed by atoms with E-state index in [4.69, 9.17) is 27.9 Å². The van der Waals surface area contributed by atoms with Crippen LogP contribution in [0.15, 0.2) is 48.5 Å². The van der Waals surface area contributed by atoms with Gasteiger partial charge in [0.05, 0.1) is 23.7 Å². The molecule has 0 atom stereocenters. The summed E-state index contributed by atoms with van der Waals surface area (Å²) >= 11 is 12.0. The molecule has 0 spiro atoms. The molecule has 2 aromatic rings. The second-order valence-corrected chi connectivity index (χ2v) is 6.37. The van der Waals surface area contributed by atoms with Crippen LogP contribution in [0.2, 0.25) is 10.0 Å². The minimum Gasteiger partial charge on any atom is -0.493 e. The van der Waals surface area contributed by atoms with E-state index in [-0.39, 0.29) is 24.8 Å². The second-order valence-electron chi connectivity index (χ2n) is 5.53. The van der Waals surface area contributed by atoms with Crippen molar-refractivity contribution in [3.63, 3.8) is 0 Å². The first-order valence-corrected chi connectivity index (χ1v) is 8.90. The highest BCUT2D eigenvalue weighted by Gasteiger charge is 2.15. The Morgan fingerprint density at radius 3 is 2.50 bits per heavy atom. The zero-order valence-electron chi connectivity index (χ0n) is 14.4. The molecule has 0 aromatic heterocycles. The predicted molar refractivity (Wildman–Crippen MR) is 104 cm³/mol. The molecule has 0 aliphatic rings. The summed E-state index contributed by atoms with van der Waals surface area (Å²) in [7, 11) is 0. The number of amides is 2. The number of nitrogens with one attached hydrogen (secondary N) is 1. The molecular formula is C19H20Cl2N2O3. The zero-order chi connectivity index (χ0) is 18.9. The Kier molecular flexibility index (Phi) is 7.75. The van der Waals surface area contributed by atoms with Crippen LogP contribution in [0.4, 0.5) is 5.69 Å². The van der Waals surface area contributed by atoms with E-state index in [1.807, 2.05) is 30.3 Å². The number of ether oxygens (including phenoxy) is 1. The minimum atomic E-state index is -0.170. The van der Waals surface area contributed by atoms with Crippen LogP contribution in [0.25, 0.3) is 0 Å². The molecule has 0 saturated heterocycles. The first-order chi connectivity index (χ1) is 12.5. The van der Waals surface area contributed by atoms with E-state index in [0.717, 1.165) is 5.75 Å². The van der Waals surface area contributed by atoms with Crippen LogP contribution in [-0.2, 0) is 9.59 Å². The van der Waals surface area contributed by atoms with Crippen LogP contribution in [0, 0.1) is 0 Å². The van der Waals surface area contributed by atoms with Crippen molar-refractivity contribution in [3.8, 4) is 5.75 Å². The number of hydrogen-bond acceptors (Lipinski definition) is 3. The molecule has 26 heavy (non-hydrogen) atoms. The van der Waals surface area contributed by atoms with E-state index >= 15 is 0 Å². The van der Waals surface area contributed by atoms with Gasteiger partial charge in [0, 0.05) is 25.0 Å². The number of carbonyl (C=O) groups excluding carboxylic acids is 2. The molecule has 2 aromatic carbocycles. The van der Waals surface area contributed by atoms with E-state index in [2.05, 4.69) is 5.32 Å². The monoisotopic (exact) mass is 394 g/mol. The number of anilines is 1. The number of halogens is 2. The van der Waals surface area contributed by atoms with Crippen molar-refractivity contribution in [1.29, 1.82) is 0 Å². The Morgan fingerprint density at radius 2 is 1.85 bits per heavy atom. The molecule has 0 aliphatic heterocycles. The Morgan fingerprint density at radius 1 is 1.12 bits per heavy atom. The molecule has 0 saturated carbocycles. The lowest BCUT2D eigenvalue weighted by Crippen LogP contribution is -2.38. The maximum absolute atomic E-state index is 11.9. The van der Waals surface area contributed by atoms with Crippen molar-refractivity contribution in [2.45, 2.75) is 13.3 Å². The first kappa shape index (κ1) is 20.1. The number of hydrogen-bond donors (Lipinski definition) is 1. The molecule has 1 N–H and O–H groups in total. The molecule has 0 radical (unpaired) electrons. The largest absolute Gasteiger partial charge is 0.493 e. The molecule has 7 heteroatoms. The van der Waals surface area contributed by atoms with Crippen LogP contribution >= 0.6 is 23.2 Å². The van der Waals surface area contributed by atoms with Gasteiger partial charge in [0.25, 0.3) is 0 Å². The molecule has 0 fully saturated rings. The van der Waals surface area contributed by atoms with Crippen LogP contribution in [0.1, 0.15) is 13.3 Å². The second kappa shape index (κ2) is 10.0. The molecule has 2 amide bonds. The smallest absolute Gasteiger partial charge is 0.223 e. The highest BCUT2D eigenvalue weighted by atomic mass is 35.5. The molecule has 0 bridgehead atoms. The van der Waals surface area contributed by atoms with Crippen LogP contribution in [0.5, 0.6) is 5.75 Å². The normalized spacial score (nSPS) is 10.3.